The van der Waals surface area contributed by atoms with E-state index in [1.165, 1.54) is 4.88 Å². The van der Waals surface area contributed by atoms with Crippen LogP contribution in [0.2, 0.25) is 0 Å². The lowest BCUT2D eigenvalue weighted by Gasteiger charge is -2.25. The Morgan fingerprint density at radius 3 is 2.86 bits per heavy atom. The monoisotopic (exact) mass is 418 g/mol. The highest BCUT2D eigenvalue weighted by Gasteiger charge is 2.22. The number of thiophene rings is 1. The topological polar surface area (TPSA) is 60.0 Å². The van der Waals surface area contributed by atoms with Crippen molar-refractivity contribution in [1.82, 2.24) is 10.2 Å². The fourth-order valence-corrected chi connectivity index (χ4v) is 4.38. The van der Waals surface area contributed by atoms with Gasteiger partial charge in [-0.2, -0.15) is 0 Å². The average molecular weight is 419 g/mol. The van der Waals surface area contributed by atoms with Gasteiger partial charge in [0.1, 0.15) is 11.5 Å². The minimum Gasteiger partial charge on any atom is -0.497 e. The quantitative estimate of drug-likeness (QED) is 0.639. The van der Waals surface area contributed by atoms with Gasteiger partial charge in [0.2, 0.25) is 5.91 Å². The van der Waals surface area contributed by atoms with Gasteiger partial charge in [0.25, 0.3) is 0 Å². The van der Waals surface area contributed by atoms with Crippen LogP contribution in [0.15, 0.2) is 35.7 Å². The van der Waals surface area contributed by atoms with E-state index in [4.69, 9.17) is 14.2 Å². The smallest absolute Gasteiger partial charge is 0.234 e. The van der Waals surface area contributed by atoms with Gasteiger partial charge in [0, 0.05) is 30.1 Å². The summed E-state index contributed by atoms with van der Waals surface area (Å²) in [5, 5.41) is 5.17. The molecule has 0 aliphatic carbocycles. The minimum absolute atomic E-state index is 0.0167. The third kappa shape index (κ3) is 6.19. The van der Waals surface area contributed by atoms with E-state index in [2.05, 4.69) is 21.7 Å². The molecule has 0 spiro atoms. The summed E-state index contributed by atoms with van der Waals surface area (Å²) in [6.45, 7) is 4.62. The maximum absolute atomic E-state index is 12.8. The first-order chi connectivity index (χ1) is 14.1. The molecule has 29 heavy (non-hydrogen) atoms. The Morgan fingerprint density at radius 1 is 1.34 bits per heavy atom. The van der Waals surface area contributed by atoms with Gasteiger partial charge in [0.15, 0.2) is 0 Å². The van der Waals surface area contributed by atoms with E-state index >= 15 is 0 Å². The molecular weight excluding hydrogens is 388 g/mol. The second kappa shape index (κ2) is 10.6. The Morgan fingerprint density at radius 2 is 2.21 bits per heavy atom. The number of rotatable bonds is 10. The first-order valence-corrected chi connectivity index (χ1v) is 10.8. The Kier molecular flexibility index (Phi) is 7.91. The third-order valence-corrected chi connectivity index (χ3v) is 5.95. The maximum atomic E-state index is 12.8. The van der Waals surface area contributed by atoms with E-state index in [0.29, 0.717) is 6.54 Å². The highest BCUT2D eigenvalue weighted by atomic mass is 32.1. The van der Waals surface area contributed by atoms with Gasteiger partial charge in [-0.3, -0.25) is 9.69 Å². The summed E-state index contributed by atoms with van der Waals surface area (Å²) in [6, 6.07) is 9.56. The molecule has 2 heterocycles. The molecule has 0 bridgehead atoms. The summed E-state index contributed by atoms with van der Waals surface area (Å²) in [4.78, 5) is 16.3. The van der Waals surface area contributed by atoms with Crippen LogP contribution in [-0.4, -0.2) is 50.8 Å². The Labute approximate surface area is 176 Å². The molecule has 7 heteroatoms. The van der Waals surface area contributed by atoms with Crippen LogP contribution in [0.1, 0.15) is 36.2 Å². The molecule has 1 fully saturated rings. The molecule has 1 N–H and O–H groups in total. The Bertz CT molecular complexity index is 775. The zero-order valence-corrected chi connectivity index (χ0v) is 18.2. The lowest BCUT2D eigenvalue weighted by atomic mass is 10.1. The van der Waals surface area contributed by atoms with Crippen molar-refractivity contribution in [1.29, 1.82) is 0 Å². The Hall–Kier alpha value is -2.09. The van der Waals surface area contributed by atoms with Crippen LogP contribution in [0.25, 0.3) is 0 Å². The molecule has 158 valence electrons. The number of carbonyl (C=O) groups excluding carboxylic acids is 1. The van der Waals surface area contributed by atoms with Gasteiger partial charge in [-0.05, 0) is 49.4 Å². The molecule has 2 aromatic rings. The second-order valence-corrected chi connectivity index (χ2v) is 8.31. The number of amides is 1. The molecule has 1 aliphatic heterocycles. The average Bonchev–Trinajstić information content (AvgIpc) is 3.41. The van der Waals surface area contributed by atoms with Crippen LogP contribution in [-0.2, 0) is 16.1 Å². The van der Waals surface area contributed by atoms with Gasteiger partial charge in [-0.25, -0.2) is 0 Å². The van der Waals surface area contributed by atoms with Crippen LogP contribution >= 0.6 is 11.3 Å². The van der Waals surface area contributed by atoms with Crippen molar-refractivity contribution in [2.75, 3.05) is 33.9 Å². The number of nitrogens with zero attached hydrogens (tertiary/aromatic N) is 1. The van der Waals surface area contributed by atoms with E-state index in [0.717, 1.165) is 49.6 Å². The van der Waals surface area contributed by atoms with Crippen molar-refractivity contribution in [3.8, 4) is 11.5 Å². The van der Waals surface area contributed by atoms with Crippen LogP contribution < -0.4 is 14.8 Å². The first kappa shape index (κ1) is 21.6. The largest absolute Gasteiger partial charge is 0.497 e. The summed E-state index contributed by atoms with van der Waals surface area (Å²) >= 11 is 1.71. The van der Waals surface area contributed by atoms with Crippen LogP contribution in [0.3, 0.4) is 0 Å². The molecule has 3 rings (SSSR count). The lowest BCUT2D eigenvalue weighted by molar-refractivity contribution is -0.123. The lowest BCUT2D eigenvalue weighted by Crippen LogP contribution is -2.41. The molecule has 1 aromatic heterocycles. The van der Waals surface area contributed by atoms with Crippen LogP contribution in [0, 0.1) is 0 Å². The summed E-state index contributed by atoms with van der Waals surface area (Å²) in [5.41, 5.74) is 0.893. The molecule has 0 radical (unpaired) electrons. The van der Waals surface area contributed by atoms with Crippen molar-refractivity contribution in [3.63, 3.8) is 0 Å². The number of nitrogens with one attached hydrogen (secondary N) is 1. The number of benzene rings is 1. The predicted octanol–water partition coefficient (Wildman–Crippen LogP) is 3.62. The van der Waals surface area contributed by atoms with Crippen molar-refractivity contribution >= 4 is 17.2 Å². The maximum Gasteiger partial charge on any atom is 0.234 e. The highest BCUT2D eigenvalue weighted by molar-refractivity contribution is 7.09. The van der Waals surface area contributed by atoms with E-state index < -0.39 is 0 Å². The molecule has 2 atom stereocenters. The molecule has 1 aromatic carbocycles. The molecule has 0 unspecified atom stereocenters. The SMILES string of the molecule is COc1ccc(OC)c([C@@H](C)NC(=O)CN(Cc2cccs2)C[C@@H]2CCCO2)c1. The summed E-state index contributed by atoms with van der Waals surface area (Å²) in [6.07, 6.45) is 2.36. The third-order valence-electron chi connectivity index (χ3n) is 5.09. The van der Waals surface area contributed by atoms with E-state index in [-0.39, 0.29) is 18.1 Å². The van der Waals surface area contributed by atoms with E-state index in [1.807, 2.05) is 31.2 Å². The summed E-state index contributed by atoms with van der Waals surface area (Å²) in [7, 11) is 3.26. The van der Waals surface area contributed by atoms with Crippen molar-refractivity contribution in [3.05, 3.63) is 46.2 Å². The molecule has 1 saturated heterocycles. The van der Waals surface area contributed by atoms with Gasteiger partial charge in [0.05, 0.1) is 32.9 Å². The summed E-state index contributed by atoms with van der Waals surface area (Å²) < 4.78 is 16.6. The van der Waals surface area contributed by atoms with Crippen molar-refractivity contribution in [2.24, 2.45) is 0 Å². The fraction of sp³-hybridized carbons (Fsp3) is 0.500. The molecule has 6 nitrogen and oxygen atoms in total. The molecule has 0 saturated carbocycles. The Balaban J connectivity index is 1.64. The predicted molar refractivity (Wildman–Crippen MR) is 115 cm³/mol. The van der Waals surface area contributed by atoms with Crippen LogP contribution in [0.5, 0.6) is 11.5 Å². The van der Waals surface area contributed by atoms with Gasteiger partial charge in [-0.15, -0.1) is 11.3 Å². The van der Waals surface area contributed by atoms with Gasteiger partial charge >= 0.3 is 0 Å². The van der Waals surface area contributed by atoms with Crippen LogP contribution in [0.4, 0.5) is 0 Å². The number of carbonyl (C=O) groups is 1. The number of hydrogen-bond acceptors (Lipinski definition) is 6. The highest BCUT2D eigenvalue weighted by Crippen LogP contribution is 2.29. The molecule has 1 amide bonds. The standard InChI is InChI=1S/C22H30N2O4S/c1-16(20-12-17(26-2)8-9-21(20)27-3)23-22(25)15-24(13-18-6-4-10-28-18)14-19-7-5-11-29-19/h5,7-9,11-12,16,18H,4,6,10,13-15H2,1-3H3,(H,23,25)/t16-,18+/m1/s1. The van der Waals surface area contributed by atoms with Gasteiger partial charge in [-0.1, -0.05) is 6.07 Å². The zero-order chi connectivity index (χ0) is 20.6. The van der Waals surface area contributed by atoms with Gasteiger partial charge < -0.3 is 19.5 Å². The number of methoxy groups -OCH3 is 2. The number of ether oxygens (including phenoxy) is 3. The van der Waals surface area contributed by atoms with Crippen molar-refractivity contribution in [2.45, 2.75) is 38.5 Å². The molecular formula is C22H30N2O4S. The normalized spacial score (nSPS) is 17.3. The van der Waals surface area contributed by atoms with E-state index in [9.17, 15) is 4.79 Å². The first-order valence-electron chi connectivity index (χ1n) is 9.96. The minimum atomic E-state index is -0.195. The number of hydrogen-bond donors (Lipinski definition) is 1. The second-order valence-electron chi connectivity index (χ2n) is 7.28. The van der Waals surface area contributed by atoms with Crippen molar-refractivity contribution < 1.29 is 19.0 Å². The summed E-state index contributed by atoms with van der Waals surface area (Å²) in [5.74, 6) is 1.45. The molecule has 1 aliphatic rings. The fourth-order valence-electron chi connectivity index (χ4n) is 3.63. The zero-order valence-electron chi connectivity index (χ0n) is 17.3. The van der Waals surface area contributed by atoms with E-state index in [1.54, 1.807) is 25.6 Å².